The largest absolute Gasteiger partial charge is 0.481 e. The second-order valence-electron chi connectivity index (χ2n) is 6.81. The number of aliphatic imine (C=N–C) groups is 1. The lowest BCUT2D eigenvalue weighted by atomic mass is 9.98. The molecule has 1 aliphatic heterocycles. The lowest BCUT2D eigenvalue weighted by Crippen LogP contribution is -2.54. The van der Waals surface area contributed by atoms with Crippen molar-refractivity contribution in [1.29, 1.82) is 0 Å². The lowest BCUT2D eigenvalue weighted by molar-refractivity contribution is 0.0982. The molecule has 2 N–H and O–H groups in total. The third-order valence-electron chi connectivity index (χ3n) is 4.61. The molecule has 0 aliphatic carbocycles. The molecule has 0 amide bonds. The molecule has 0 spiro atoms. The molecule has 1 aliphatic rings. The number of hydrogen-bond donors (Lipinski definition) is 2. The summed E-state index contributed by atoms with van der Waals surface area (Å²) in [6, 6.07) is 3.92. The molecule has 134 valence electrons. The van der Waals surface area contributed by atoms with Crippen molar-refractivity contribution in [2.45, 2.75) is 45.2 Å². The van der Waals surface area contributed by atoms with Gasteiger partial charge >= 0.3 is 0 Å². The first-order valence-corrected chi connectivity index (χ1v) is 8.74. The van der Waals surface area contributed by atoms with E-state index in [0.29, 0.717) is 12.4 Å². The monoisotopic (exact) mass is 333 g/mol. The maximum atomic E-state index is 5.29. The first-order chi connectivity index (χ1) is 11.6. The van der Waals surface area contributed by atoms with Crippen LogP contribution < -0.4 is 15.4 Å². The van der Waals surface area contributed by atoms with Gasteiger partial charge in [0.25, 0.3) is 0 Å². The van der Waals surface area contributed by atoms with Crippen molar-refractivity contribution in [3.63, 3.8) is 0 Å². The van der Waals surface area contributed by atoms with Crippen molar-refractivity contribution < 1.29 is 4.74 Å². The number of nitrogens with one attached hydrogen (secondary N) is 2. The number of ether oxygens (including phenoxy) is 1. The van der Waals surface area contributed by atoms with E-state index in [1.807, 2.05) is 12.1 Å². The molecular formula is C18H31N5O. The fourth-order valence-electron chi connectivity index (χ4n) is 3.05. The van der Waals surface area contributed by atoms with E-state index in [1.54, 1.807) is 20.4 Å². The number of aromatic nitrogens is 1. The van der Waals surface area contributed by atoms with Gasteiger partial charge in [-0.2, -0.15) is 0 Å². The number of guanidine groups is 1. The molecule has 0 aromatic carbocycles. The van der Waals surface area contributed by atoms with E-state index in [-0.39, 0.29) is 5.54 Å². The van der Waals surface area contributed by atoms with Crippen molar-refractivity contribution in [1.82, 2.24) is 20.5 Å². The van der Waals surface area contributed by atoms with Gasteiger partial charge in [-0.25, -0.2) is 4.98 Å². The first-order valence-electron chi connectivity index (χ1n) is 8.74. The third-order valence-corrected chi connectivity index (χ3v) is 4.61. The predicted molar refractivity (Wildman–Crippen MR) is 98.5 cm³/mol. The van der Waals surface area contributed by atoms with E-state index in [0.717, 1.165) is 18.1 Å². The van der Waals surface area contributed by atoms with E-state index >= 15 is 0 Å². The zero-order chi connectivity index (χ0) is 17.4. The first kappa shape index (κ1) is 18.5. The highest BCUT2D eigenvalue weighted by Crippen LogP contribution is 2.19. The summed E-state index contributed by atoms with van der Waals surface area (Å²) < 4.78 is 5.29. The highest BCUT2D eigenvalue weighted by Gasteiger charge is 2.27. The Labute approximate surface area is 145 Å². The quantitative estimate of drug-likeness (QED) is 0.616. The van der Waals surface area contributed by atoms with Gasteiger partial charge in [0, 0.05) is 37.4 Å². The standard InChI is InChI=1S/C18H31N5O/c1-18(2,23-11-6-5-7-12-23)14-22-17(19-3)21-13-15-9-8-10-20-16(15)24-4/h8-10H,5-7,11-14H2,1-4H3,(H2,19,21,22). The average Bonchev–Trinajstić information content (AvgIpc) is 2.63. The molecule has 1 aromatic rings. The maximum absolute atomic E-state index is 5.29. The SMILES string of the molecule is CN=C(NCc1cccnc1OC)NCC(C)(C)N1CCCCC1. The van der Waals surface area contributed by atoms with Crippen LogP contribution in [0.25, 0.3) is 0 Å². The minimum atomic E-state index is 0.115. The van der Waals surface area contributed by atoms with Gasteiger partial charge in [-0.15, -0.1) is 0 Å². The van der Waals surface area contributed by atoms with Crippen molar-refractivity contribution >= 4 is 5.96 Å². The maximum Gasteiger partial charge on any atom is 0.218 e. The van der Waals surface area contributed by atoms with Crippen molar-refractivity contribution in [3.8, 4) is 5.88 Å². The van der Waals surface area contributed by atoms with Crippen LogP contribution in [0.5, 0.6) is 5.88 Å². The molecule has 24 heavy (non-hydrogen) atoms. The number of methoxy groups -OCH3 is 1. The predicted octanol–water partition coefficient (Wildman–Crippen LogP) is 2.02. The van der Waals surface area contributed by atoms with Gasteiger partial charge in [-0.05, 0) is 45.8 Å². The van der Waals surface area contributed by atoms with Crippen LogP contribution in [0.4, 0.5) is 0 Å². The Morgan fingerprint density at radius 2 is 2.04 bits per heavy atom. The summed E-state index contributed by atoms with van der Waals surface area (Å²) in [5, 5.41) is 6.79. The summed E-state index contributed by atoms with van der Waals surface area (Å²) >= 11 is 0. The average molecular weight is 333 g/mol. The molecule has 2 heterocycles. The minimum Gasteiger partial charge on any atom is -0.481 e. The molecule has 0 unspecified atom stereocenters. The molecule has 1 fully saturated rings. The van der Waals surface area contributed by atoms with E-state index in [1.165, 1.54) is 32.4 Å². The fraction of sp³-hybridized carbons (Fsp3) is 0.667. The van der Waals surface area contributed by atoms with Crippen molar-refractivity contribution in [3.05, 3.63) is 23.9 Å². The number of pyridine rings is 1. The number of likely N-dealkylation sites (tertiary alicyclic amines) is 1. The van der Waals surface area contributed by atoms with Crippen LogP contribution in [0.1, 0.15) is 38.7 Å². The van der Waals surface area contributed by atoms with E-state index in [2.05, 4.69) is 39.4 Å². The summed E-state index contributed by atoms with van der Waals surface area (Å²) in [5.74, 6) is 1.44. The highest BCUT2D eigenvalue weighted by atomic mass is 16.5. The molecule has 0 bridgehead atoms. The number of piperidine rings is 1. The smallest absolute Gasteiger partial charge is 0.218 e. The Bertz CT molecular complexity index is 538. The van der Waals surface area contributed by atoms with E-state index in [9.17, 15) is 0 Å². The van der Waals surface area contributed by atoms with Gasteiger partial charge < -0.3 is 15.4 Å². The van der Waals surface area contributed by atoms with Crippen molar-refractivity contribution in [2.75, 3.05) is 33.8 Å². The number of nitrogens with zero attached hydrogens (tertiary/aromatic N) is 3. The topological polar surface area (TPSA) is 61.8 Å². The summed E-state index contributed by atoms with van der Waals surface area (Å²) in [7, 11) is 3.43. The van der Waals surface area contributed by atoms with Crippen LogP contribution in [0.3, 0.4) is 0 Å². The van der Waals surface area contributed by atoms with Crippen LogP contribution in [-0.4, -0.2) is 55.2 Å². The van der Waals surface area contributed by atoms with Gasteiger partial charge in [0.2, 0.25) is 5.88 Å². The third kappa shape index (κ3) is 5.09. The Balaban J connectivity index is 1.86. The molecule has 6 nitrogen and oxygen atoms in total. The Morgan fingerprint density at radius 1 is 1.29 bits per heavy atom. The van der Waals surface area contributed by atoms with Gasteiger partial charge in [0.1, 0.15) is 0 Å². The lowest BCUT2D eigenvalue weighted by Gasteiger charge is -2.41. The van der Waals surface area contributed by atoms with Gasteiger partial charge in [-0.3, -0.25) is 9.89 Å². The van der Waals surface area contributed by atoms with Gasteiger partial charge in [-0.1, -0.05) is 12.5 Å². The molecule has 0 radical (unpaired) electrons. The zero-order valence-corrected chi connectivity index (χ0v) is 15.4. The number of hydrogen-bond acceptors (Lipinski definition) is 4. The summed E-state index contributed by atoms with van der Waals surface area (Å²) in [5.41, 5.74) is 1.13. The zero-order valence-electron chi connectivity index (χ0n) is 15.4. The van der Waals surface area contributed by atoms with Crippen LogP contribution in [0, 0.1) is 0 Å². The minimum absolute atomic E-state index is 0.115. The molecule has 1 aromatic heterocycles. The Morgan fingerprint density at radius 3 is 2.71 bits per heavy atom. The van der Waals surface area contributed by atoms with Crippen LogP contribution in [0.2, 0.25) is 0 Å². The highest BCUT2D eigenvalue weighted by molar-refractivity contribution is 5.79. The van der Waals surface area contributed by atoms with E-state index < -0.39 is 0 Å². The molecular weight excluding hydrogens is 302 g/mol. The van der Waals surface area contributed by atoms with Gasteiger partial charge in [0.05, 0.1) is 7.11 Å². The van der Waals surface area contributed by atoms with E-state index in [4.69, 9.17) is 4.74 Å². The van der Waals surface area contributed by atoms with Crippen LogP contribution in [0.15, 0.2) is 23.3 Å². The summed E-state index contributed by atoms with van der Waals surface area (Å²) in [6.45, 7) is 8.45. The second-order valence-corrected chi connectivity index (χ2v) is 6.81. The molecule has 1 saturated heterocycles. The Kier molecular flexibility index (Phi) is 6.85. The molecule has 2 rings (SSSR count). The summed E-state index contributed by atoms with van der Waals surface area (Å²) in [4.78, 5) is 11.1. The van der Waals surface area contributed by atoms with Crippen LogP contribution in [-0.2, 0) is 6.54 Å². The van der Waals surface area contributed by atoms with Crippen LogP contribution >= 0.6 is 0 Å². The fourth-order valence-corrected chi connectivity index (χ4v) is 3.05. The molecule has 6 heteroatoms. The second kappa shape index (κ2) is 8.87. The normalized spacial score (nSPS) is 16.8. The summed E-state index contributed by atoms with van der Waals surface area (Å²) in [6.07, 6.45) is 5.70. The molecule has 0 saturated carbocycles. The Hall–Kier alpha value is -1.82. The van der Waals surface area contributed by atoms with Gasteiger partial charge in [0.15, 0.2) is 5.96 Å². The van der Waals surface area contributed by atoms with Crippen molar-refractivity contribution in [2.24, 2.45) is 4.99 Å². The number of rotatable bonds is 6. The molecule has 0 atom stereocenters.